The zero-order valence-electron chi connectivity index (χ0n) is 12.0. The lowest BCUT2D eigenvalue weighted by atomic mass is 10.2. The summed E-state index contributed by atoms with van der Waals surface area (Å²) in [6, 6.07) is 13.2. The molecule has 0 saturated heterocycles. The fraction of sp³-hybridized carbons (Fsp3) is 0.0625. The predicted molar refractivity (Wildman–Crippen MR) is 88.6 cm³/mol. The maximum absolute atomic E-state index is 11.7. The second kappa shape index (κ2) is 7.95. The summed E-state index contributed by atoms with van der Waals surface area (Å²) >= 11 is 5.76. The third kappa shape index (κ3) is 5.44. The number of oxime groups is 1. The summed E-state index contributed by atoms with van der Waals surface area (Å²) in [5.41, 5.74) is 6.84. The number of nitrogens with zero attached hydrogens (tertiary/aromatic N) is 1. The number of hydrogen-bond acceptors (Lipinski definition) is 4. The van der Waals surface area contributed by atoms with E-state index in [-0.39, 0.29) is 12.5 Å². The smallest absolute Gasteiger partial charge is 0.265 e. The van der Waals surface area contributed by atoms with E-state index in [9.17, 15) is 9.59 Å². The topological polar surface area (TPSA) is 93.8 Å². The van der Waals surface area contributed by atoms with Crippen LogP contribution in [-0.4, -0.2) is 24.6 Å². The van der Waals surface area contributed by atoms with E-state index in [2.05, 4.69) is 10.5 Å². The number of carbonyl (C=O) groups excluding carboxylic acids is 2. The molecule has 6 nitrogen and oxygen atoms in total. The monoisotopic (exact) mass is 331 g/mol. The molecule has 2 amide bonds. The molecule has 0 heterocycles. The number of nitrogens with two attached hydrogens (primary N) is 1. The Morgan fingerprint density at radius 2 is 1.78 bits per heavy atom. The highest BCUT2D eigenvalue weighted by Gasteiger charge is 2.04. The van der Waals surface area contributed by atoms with Crippen molar-refractivity contribution in [1.29, 1.82) is 0 Å². The van der Waals surface area contributed by atoms with E-state index >= 15 is 0 Å². The molecule has 0 spiro atoms. The van der Waals surface area contributed by atoms with Gasteiger partial charge in [-0.2, -0.15) is 0 Å². The minimum atomic E-state index is -0.525. The Morgan fingerprint density at radius 1 is 1.13 bits per heavy atom. The molecular formula is C16H14ClN3O3. The lowest BCUT2D eigenvalue weighted by Crippen LogP contribution is -2.17. The van der Waals surface area contributed by atoms with Gasteiger partial charge in [-0.3, -0.25) is 9.59 Å². The van der Waals surface area contributed by atoms with E-state index in [1.807, 2.05) is 0 Å². The second-order valence-electron chi connectivity index (χ2n) is 4.55. The molecule has 0 aliphatic carbocycles. The average Bonchev–Trinajstić information content (AvgIpc) is 2.54. The summed E-state index contributed by atoms with van der Waals surface area (Å²) in [5, 5.41) is 6.94. The summed E-state index contributed by atoms with van der Waals surface area (Å²) in [4.78, 5) is 27.5. The van der Waals surface area contributed by atoms with Crippen LogP contribution in [0.5, 0.6) is 0 Å². The SMILES string of the molecule is NC(=O)c1ccc(NC(=O)CO/N=C/c2ccc(Cl)cc2)cc1. The zero-order valence-corrected chi connectivity index (χ0v) is 12.8. The van der Waals surface area contributed by atoms with Gasteiger partial charge in [0.25, 0.3) is 5.91 Å². The van der Waals surface area contributed by atoms with Gasteiger partial charge in [0.05, 0.1) is 6.21 Å². The molecule has 2 aromatic carbocycles. The Labute approximate surface area is 137 Å². The zero-order chi connectivity index (χ0) is 16.7. The van der Waals surface area contributed by atoms with Gasteiger partial charge in [-0.15, -0.1) is 0 Å². The van der Waals surface area contributed by atoms with Crippen LogP contribution >= 0.6 is 11.6 Å². The third-order valence-corrected chi connectivity index (χ3v) is 3.05. The summed E-state index contributed by atoms with van der Waals surface area (Å²) in [5.74, 6) is -0.896. The number of amides is 2. The largest absolute Gasteiger partial charge is 0.386 e. The van der Waals surface area contributed by atoms with E-state index in [0.29, 0.717) is 16.3 Å². The molecule has 0 bridgehead atoms. The van der Waals surface area contributed by atoms with E-state index < -0.39 is 5.91 Å². The van der Waals surface area contributed by atoms with Crippen molar-refractivity contribution in [1.82, 2.24) is 0 Å². The van der Waals surface area contributed by atoms with E-state index in [0.717, 1.165) is 5.56 Å². The van der Waals surface area contributed by atoms with Gasteiger partial charge in [0.1, 0.15) is 0 Å². The quantitative estimate of drug-likeness (QED) is 0.628. The Morgan fingerprint density at radius 3 is 2.39 bits per heavy atom. The summed E-state index contributed by atoms with van der Waals surface area (Å²) in [7, 11) is 0. The number of halogens is 1. The molecule has 2 aromatic rings. The molecule has 0 atom stereocenters. The maximum Gasteiger partial charge on any atom is 0.265 e. The number of primary amides is 1. The van der Waals surface area contributed by atoms with Gasteiger partial charge >= 0.3 is 0 Å². The molecule has 118 valence electrons. The fourth-order valence-corrected chi connectivity index (χ4v) is 1.78. The molecule has 3 N–H and O–H groups in total. The van der Waals surface area contributed by atoms with Crippen LogP contribution in [0.2, 0.25) is 5.02 Å². The minimum Gasteiger partial charge on any atom is -0.386 e. The minimum absolute atomic E-state index is 0.234. The molecule has 0 aliphatic heterocycles. The van der Waals surface area contributed by atoms with Crippen molar-refractivity contribution < 1.29 is 14.4 Å². The summed E-state index contributed by atoms with van der Waals surface area (Å²) in [6.45, 7) is -0.234. The van der Waals surface area contributed by atoms with E-state index in [1.54, 1.807) is 36.4 Å². The highest BCUT2D eigenvalue weighted by atomic mass is 35.5. The van der Waals surface area contributed by atoms with Gasteiger partial charge < -0.3 is 15.9 Å². The molecule has 2 rings (SSSR count). The first-order valence-corrected chi connectivity index (χ1v) is 7.03. The van der Waals surface area contributed by atoms with Crippen LogP contribution in [0, 0.1) is 0 Å². The molecule has 23 heavy (non-hydrogen) atoms. The Bertz CT molecular complexity index is 712. The number of benzene rings is 2. The van der Waals surface area contributed by atoms with Crippen molar-refractivity contribution in [2.45, 2.75) is 0 Å². The van der Waals surface area contributed by atoms with Gasteiger partial charge in [-0.1, -0.05) is 28.9 Å². The van der Waals surface area contributed by atoms with Crippen molar-refractivity contribution in [2.75, 3.05) is 11.9 Å². The predicted octanol–water partition coefficient (Wildman–Crippen LogP) is 2.43. The van der Waals surface area contributed by atoms with Gasteiger partial charge in [0.15, 0.2) is 6.61 Å². The Kier molecular flexibility index (Phi) is 5.71. The van der Waals surface area contributed by atoms with Crippen molar-refractivity contribution >= 4 is 35.3 Å². The van der Waals surface area contributed by atoms with Crippen LogP contribution in [0.15, 0.2) is 53.7 Å². The third-order valence-electron chi connectivity index (χ3n) is 2.80. The number of hydrogen-bond donors (Lipinski definition) is 2. The highest BCUT2D eigenvalue weighted by molar-refractivity contribution is 6.30. The van der Waals surface area contributed by atoms with E-state index in [1.165, 1.54) is 18.3 Å². The molecule has 0 aromatic heterocycles. The van der Waals surface area contributed by atoms with Crippen molar-refractivity contribution in [3.8, 4) is 0 Å². The standard InChI is InChI=1S/C16H14ClN3O3/c17-13-5-1-11(2-6-13)9-19-23-10-15(21)20-14-7-3-12(4-8-14)16(18)22/h1-9H,10H2,(H2,18,22)(H,20,21)/b19-9+. The van der Waals surface area contributed by atoms with Crippen LogP contribution in [0.4, 0.5) is 5.69 Å². The number of rotatable bonds is 6. The lowest BCUT2D eigenvalue weighted by Gasteiger charge is -2.04. The number of nitrogens with one attached hydrogen (secondary N) is 1. The normalized spacial score (nSPS) is 10.5. The first-order valence-electron chi connectivity index (χ1n) is 6.65. The molecule has 7 heteroatoms. The Balaban J connectivity index is 1.78. The average molecular weight is 332 g/mol. The first-order chi connectivity index (χ1) is 11.0. The second-order valence-corrected chi connectivity index (χ2v) is 4.99. The van der Waals surface area contributed by atoms with Crippen LogP contribution in [0.25, 0.3) is 0 Å². The number of anilines is 1. The van der Waals surface area contributed by atoms with Crippen molar-refractivity contribution in [2.24, 2.45) is 10.9 Å². The van der Waals surface area contributed by atoms with Crippen LogP contribution in [-0.2, 0) is 9.63 Å². The first kappa shape index (κ1) is 16.5. The van der Waals surface area contributed by atoms with Crippen molar-refractivity contribution in [3.63, 3.8) is 0 Å². The van der Waals surface area contributed by atoms with Gasteiger partial charge in [-0.05, 0) is 42.0 Å². The van der Waals surface area contributed by atoms with Crippen LogP contribution < -0.4 is 11.1 Å². The fourth-order valence-electron chi connectivity index (χ4n) is 1.66. The molecular weight excluding hydrogens is 318 g/mol. The van der Waals surface area contributed by atoms with Gasteiger partial charge in [-0.25, -0.2) is 0 Å². The molecule has 0 aliphatic rings. The highest BCUT2D eigenvalue weighted by Crippen LogP contribution is 2.09. The van der Waals surface area contributed by atoms with Crippen molar-refractivity contribution in [3.05, 3.63) is 64.7 Å². The maximum atomic E-state index is 11.7. The van der Waals surface area contributed by atoms with Gasteiger partial charge in [0, 0.05) is 16.3 Å². The van der Waals surface area contributed by atoms with Crippen LogP contribution in [0.3, 0.4) is 0 Å². The molecule has 0 unspecified atom stereocenters. The Hall–Kier alpha value is -2.86. The molecule has 0 fully saturated rings. The number of carbonyl (C=O) groups is 2. The summed E-state index contributed by atoms with van der Waals surface area (Å²) in [6.07, 6.45) is 1.48. The lowest BCUT2D eigenvalue weighted by molar-refractivity contribution is -0.120. The molecule has 0 radical (unpaired) electrons. The van der Waals surface area contributed by atoms with E-state index in [4.69, 9.17) is 22.2 Å². The van der Waals surface area contributed by atoms with Crippen LogP contribution in [0.1, 0.15) is 15.9 Å². The molecule has 0 saturated carbocycles. The van der Waals surface area contributed by atoms with Gasteiger partial charge in [0.2, 0.25) is 5.91 Å². The summed E-state index contributed by atoms with van der Waals surface area (Å²) < 4.78 is 0.